The molecule has 29 heavy (non-hydrogen) atoms. The third-order valence-electron chi connectivity index (χ3n) is 4.31. The van der Waals surface area contributed by atoms with Gasteiger partial charge in [0.25, 0.3) is 5.91 Å². The van der Waals surface area contributed by atoms with Crippen LogP contribution in [0.25, 0.3) is 0 Å². The molecule has 0 atom stereocenters. The number of benzene rings is 2. The highest BCUT2D eigenvalue weighted by Crippen LogP contribution is 2.13. The Morgan fingerprint density at radius 3 is 2.10 bits per heavy atom. The maximum atomic E-state index is 12.2. The predicted molar refractivity (Wildman–Crippen MR) is 102 cm³/mol. The Bertz CT molecular complexity index is 937. The van der Waals surface area contributed by atoms with E-state index in [0.717, 1.165) is 4.90 Å². The maximum Gasteiger partial charge on any atom is 0.326 e. The van der Waals surface area contributed by atoms with Crippen LogP contribution in [0.4, 0.5) is 5.69 Å². The minimum absolute atomic E-state index is 0.0816. The molecule has 1 N–H and O–H groups in total. The number of ketones is 1. The zero-order chi connectivity index (χ0) is 20.8. The Labute approximate surface area is 166 Å². The van der Waals surface area contributed by atoms with Gasteiger partial charge in [-0.3, -0.25) is 28.9 Å². The molecule has 3 amide bonds. The molecule has 0 aromatic heterocycles. The molecule has 0 bridgehead atoms. The molecular formula is C21H18N2O6. The monoisotopic (exact) mass is 394 g/mol. The highest BCUT2D eigenvalue weighted by molar-refractivity contribution is 6.05. The summed E-state index contributed by atoms with van der Waals surface area (Å²) in [5.41, 5.74) is 1.32. The molecule has 0 unspecified atom stereocenters. The second-order valence-electron chi connectivity index (χ2n) is 6.35. The Kier molecular flexibility index (Phi) is 6.13. The second-order valence-corrected chi connectivity index (χ2v) is 6.35. The van der Waals surface area contributed by atoms with E-state index < -0.39 is 36.7 Å². The standard InChI is InChI=1S/C21H18N2O6/c24-17(13-29-20(27)12-23-18(25)10-11-19(23)26)14-6-8-16(9-7-14)22-21(28)15-4-2-1-3-5-15/h1-9H,10-13H2,(H,22,28). The van der Waals surface area contributed by atoms with E-state index in [1.807, 2.05) is 6.07 Å². The molecule has 2 aromatic rings. The lowest BCUT2D eigenvalue weighted by Crippen LogP contribution is -2.35. The zero-order valence-corrected chi connectivity index (χ0v) is 15.4. The number of carbonyl (C=O) groups excluding carboxylic acids is 5. The number of nitrogens with one attached hydrogen (secondary N) is 1. The first-order valence-corrected chi connectivity index (χ1v) is 8.92. The minimum atomic E-state index is -0.825. The number of likely N-dealkylation sites (tertiary alicyclic amines) is 1. The first kappa shape index (κ1) is 19.9. The largest absolute Gasteiger partial charge is 0.456 e. The lowest BCUT2D eigenvalue weighted by molar-refractivity contribution is -0.151. The number of esters is 1. The average molecular weight is 394 g/mol. The van der Waals surface area contributed by atoms with Crippen molar-refractivity contribution in [3.05, 3.63) is 65.7 Å². The molecule has 1 aliphatic heterocycles. The van der Waals surface area contributed by atoms with E-state index in [9.17, 15) is 24.0 Å². The van der Waals surface area contributed by atoms with Gasteiger partial charge in [-0.1, -0.05) is 18.2 Å². The van der Waals surface area contributed by atoms with Crippen molar-refractivity contribution >= 4 is 35.2 Å². The van der Waals surface area contributed by atoms with Crippen LogP contribution < -0.4 is 5.32 Å². The molecule has 3 rings (SSSR count). The van der Waals surface area contributed by atoms with Gasteiger partial charge < -0.3 is 10.1 Å². The third kappa shape index (κ3) is 5.13. The van der Waals surface area contributed by atoms with Crippen LogP contribution in [0.1, 0.15) is 33.6 Å². The summed E-state index contributed by atoms with van der Waals surface area (Å²) in [5, 5.41) is 2.72. The van der Waals surface area contributed by atoms with Crippen molar-refractivity contribution in [2.75, 3.05) is 18.5 Å². The van der Waals surface area contributed by atoms with Gasteiger partial charge in [-0.05, 0) is 36.4 Å². The van der Waals surface area contributed by atoms with Crippen LogP contribution in [0.2, 0.25) is 0 Å². The van der Waals surface area contributed by atoms with E-state index in [2.05, 4.69) is 5.32 Å². The predicted octanol–water partition coefficient (Wildman–Crippen LogP) is 1.81. The number of nitrogens with zero attached hydrogens (tertiary/aromatic N) is 1. The van der Waals surface area contributed by atoms with E-state index in [1.54, 1.807) is 36.4 Å². The SMILES string of the molecule is O=C(CN1C(=O)CCC1=O)OCC(=O)c1ccc(NC(=O)c2ccccc2)cc1. The smallest absolute Gasteiger partial charge is 0.326 e. The number of Topliss-reactive ketones (excluding diaryl/α,β-unsaturated/α-hetero) is 1. The first-order chi connectivity index (χ1) is 13.9. The summed E-state index contributed by atoms with van der Waals surface area (Å²) in [7, 11) is 0. The normalized spacial score (nSPS) is 13.3. The molecule has 148 valence electrons. The van der Waals surface area contributed by atoms with Gasteiger partial charge in [-0.15, -0.1) is 0 Å². The van der Waals surface area contributed by atoms with Crippen molar-refractivity contribution < 1.29 is 28.7 Å². The van der Waals surface area contributed by atoms with Gasteiger partial charge >= 0.3 is 5.97 Å². The number of hydrogen-bond donors (Lipinski definition) is 1. The van der Waals surface area contributed by atoms with E-state index in [4.69, 9.17) is 4.74 Å². The summed E-state index contributed by atoms with van der Waals surface area (Å²) in [5.74, 6) is -2.39. The molecule has 8 nitrogen and oxygen atoms in total. The molecule has 2 aromatic carbocycles. The Morgan fingerprint density at radius 1 is 0.862 bits per heavy atom. The van der Waals surface area contributed by atoms with Crippen LogP contribution in [-0.4, -0.2) is 47.5 Å². The van der Waals surface area contributed by atoms with E-state index in [0.29, 0.717) is 16.8 Å². The molecule has 1 saturated heterocycles. The molecule has 1 fully saturated rings. The fourth-order valence-electron chi connectivity index (χ4n) is 2.74. The fourth-order valence-corrected chi connectivity index (χ4v) is 2.74. The van der Waals surface area contributed by atoms with Gasteiger partial charge in [0.15, 0.2) is 12.4 Å². The average Bonchev–Trinajstić information content (AvgIpc) is 3.05. The molecule has 1 heterocycles. The highest BCUT2D eigenvalue weighted by Gasteiger charge is 2.31. The Morgan fingerprint density at radius 2 is 1.48 bits per heavy atom. The number of carbonyl (C=O) groups is 5. The topological polar surface area (TPSA) is 110 Å². The number of ether oxygens (including phenoxy) is 1. The second kappa shape index (κ2) is 8.92. The summed E-state index contributed by atoms with van der Waals surface area (Å²) < 4.78 is 4.87. The molecule has 8 heteroatoms. The van der Waals surface area contributed by atoms with Crippen molar-refractivity contribution in [3.8, 4) is 0 Å². The quantitative estimate of drug-likeness (QED) is 0.436. The van der Waals surface area contributed by atoms with Crippen LogP contribution in [0, 0.1) is 0 Å². The van der Waals surface area contributed by atoms with Crippen LogP contribution in [-0.2, 0) is 19.1 Å². The van der Waals surface area contributed by atoms with Gasteiger partial charge in [0, 0.05) is 29.7 Å². The third-order valence-corrected chi connectivity index (χ3v) is 4.31. The van der Waals surface area contributed by atoms with Crippen molar-refractivity contribution in [2.45, 2.75) is 12.8 Å². The molecule has 0 radical (unpaired) electrons. The van der Waals surface area contributed by atoms with Gasteiger partial charge in [-0.2, -0.15) is 0 Å². The van der Waals surface area contributed by atoms with Crippen LogP contribution in [0.3, 0.4) is 0 Å². The molecule has 0 saturated carbocycles. The van der Waals surface area contributed by atoms with Gasteiger partial charge in [0.1, 0.15) is 6.54 Å². The van der Waals surface area contributed by atoms with E-state index in [1.165, 1.54) is 12.1 Å². The summed E-state index contributed by atoms with van der Waals surface area (Å²) in [6.07, 6.45) is 0.163. The fraction of sp³-hybridized carbons (Fsp3) is 0.190. The van der Waals surface area contributed by atoms with Crippen molar-refractivity contribution in [1.29, 1.82) is 0 Å². The number of rotatable bonds is 7. The van der Waals surface area contributed by atoms with Crippen molar-refractivity contribution in [2.24, 2.45) is 0 Å². The maximum absolute atomic E-state index is 12.2. The van der Waals surface area contributed by atoms with Crippen LogP contribution >= 0.6 is 0 Å². The lowest BCUT2D eigenvalue weighted by atomic mass is 10.1. The number of anilines is 1. The first-order valence-electron chi connectivity index (χ1n) is 8.92. The Balaban J connectivity index is 1.50. The summed E-state index contributed by atoms with van der Waals surface area (Å²) in [6, 6.07) is 14.8. The minimum Gasteiger partial charge on any atom is -0.456 e. The van der Waals surface area contributed by atoms with Crippen LogP contribution in [0.5, 0.6) is 0 Å². The number of amides is 3. The molecule has 0 spiro atoms. The zero-order valence-electron chi connectivity index (χ0n) is 15.4. The van der Waals surface area contributed by atoms with Gasteiger partial charge in [0.05, 0.1) is 0 Å². The van der Waals surface area contributed by atoms with Crippen molar-refractivity contribution in [3.63, 3.8) is 0 Å². The van der Waals surface area contributed by atoms with E-state index >= 15 is 0 Å². The van der Waals surface area contributed by atoms with E-state index in [-0.39, 0.29) is 18.7 Å². The summed E-state index contributed by atoms with van der Waals surface area (Å²) >= 11 is 0. The lowest BCUT2D eigenvalue weighted by Gasteiger charge is -2.12. The molecular weight excluding hydrogens is 376 g/mol. The molecule has 1 aliphatic rings. The summed E-state index contributed by atoms with van der Waals surface area (Å²) in [6.45, 7) is -1.000. The van der Waals surface area contributed by atoms with Gasteiger partial charge in [0.2, 0.25) is 11.8 Å². The number of hydrogen-bond acceptors (Lipinski definition) is 6. The summed E-state index contributed by atoms with van der Waals surface area (Å²) in [4.78, 5) is 59.8. The van der Waals surface area contributed by atoms with Crippen LogP contribution in [0.15, 0.2) is 54.6 Å². The highest BCUT2D eigenvalue weighted by atomic mass is 16.5. The molecule has 0 aliphatic carbocycles. The van der Waals surface area contributed by atoms with Gasteiger partial charge in [-0.25, -0.2) is 0 Å². The van der Waals surface area contributed by atoms with Crippen molar-refractivity contribution in [1.82, 2.24) is 4.90 Å². The number of imide groups is 1. The Hall–Kier alpha value is -3.81.